The lowest BCUT2D eigenvalue weighted by atomic mass is 9.85. The Labute approximate surface area is 78.0 Å². The Morgan fingerprint density at radius 1 is 1.38 bits per heavy atom. The van der Waals surface area contributed by atoms with Crippen molar-refractivity contribution < 1.29 is 4.39 Å². The summed E-state index contributed by atoms with van der Waals surface area (Å²) in [5.74, 6) is -0.0629. The van der Waals surface area contributed by atoms with Crippen molar-refractivity contribution in [2.45, 2.75) is 25.8 Å². The predicted octanol–water partition coefficient (Wildman–Crippen LogP) is 2.21. The molecular formula is C11H14FN. The second-order valence-electron chi connectivity index (χ2n) is 4.07. The second-order valence-corrected chi connectivity index (χ2v) is 4.07. The summed E-state index contributed by atoms with van der Waals surface area (Å²) in [6, 6.07) is 5.33. The van der Waals surface area contributed by atoms with E-state index in [9.17, 15) is 4.39 Å². The molecule has 0 radical (unpaired) electrons. The van der Waals surface area contributed by atoms with Crippen LogP contribution in [0.15, 0.2) is 18.2 Å². The average Bonchev–Trinajstić information content (AvgIpc) is 2.06. The van der Waals surface area contributed by atoms with Crippen LogP contribution in [0.5, 0.6) is 0 Å². The van der Waals surface area contributed by atoms with Crippen LogP contribution in [-0.2, 0) is 12.0 Å². The van der Waals surface area contributed by atoms with E-state index in [0.717, 1.165) is 24.1 Å². The monoisotopic (exact) mass is 179 g/mol. The highest BCUT2D eigenvalue weighted by Crippen LogP contribution is 2.29. The van der Waals surface area contributed by atoms with Crippen molar-refractivity contribution in [3.05, 3.63) is 35.1 Å². The van der Waals surface area contributed by atoms with E-state index < -0.39 is 0 Å². The number of fused-ring (bicyclic) bond motifs is 1. The summed E-state index contributed by atoms with van der Waals surface area (Å²) in [5, 5.41) is 3.38. The molecular weight excluding hydrogens is 165 g/mol. The maximum atomic E-state index is 13.4. The third-order valence-corrected chi connectivity index (χ3v) is 2.73. The Morgan fingerprint density at radius 3 is 2.85 bits per heavy atom. The van der Waals surface area contributed by atoms with Crippen LogP contribution in [0.1, 0.15) is 25.0 Å². The van der Waals surface area contributed by atoms with Gasteiger partial charge in [0.05, 0.1) is 0 Å². The van der Waals surface area contributed by atoms with E-state index in [-0.39, 0.29) is 11.4 Å². The van der Waals surface area contributed by atoms with Gasteiger partial charge >= 0.3 is 0 Å². The first-order chi connectivity index (χ1) is 6.11. The summed E-state index contributed by atoms with van der Waals surface area (Å²) < 4.78 is 13.4. The van der Waals surface area contributed by atoms with Crippen molar-refractivity contribution in [3.63, 3.8) is 0 Å². The molecule has 0 aromatic heterocycles. The van der Waals surface area contributed by atoms with Crippen LogP contribution in [-0.4, -0.2) is 6.54 Å². The second kappa shape index (κ2) is 2.81. The van der Waals surface area contributed by atoms with Gasteiger partial charge in [0.25, 0.3) is 0 Å². The lowest BCUT2D eigenvalue weighted by Crippen LogP contribution is -2.42. The molecule has 2 heteroatoms. The molecule has 0 saturated carbocycles. The van der Waals surface area contributed by atoms with Crippen LogP contribution >= 0.6 is 0 Å². The molecule has 0 atom stereocenters. The summed E-state index contributed by atoms with van der Waals surface area (Å²) in [5.41, 5.74) is 1.89. The predicted molar refractivity (Wildman–Crippen MR) is 51.1 cm³/mol. The van der Waals surface area contributed by atoms with Crippen LogP contribution < -0.4 is 5.32 Å². The van der Waals surface area contributed by atoms with Gasteiger partial charge in [0, 0.05) is 12.1 Å². The summed E-state index contributed by atoms with van der Waals surface area (Å²) in [6.45, 7) is 5.04. The molecule has 1 aromatic carbocycles. The standard InChI is InChI=1S/C11H14FN/c1-11(2)9-4-3-5-10(12)8(9)6-7-13-11/h3-5,13H,6-7H2,1-2H3. The fraction of sp³-hybridized carbons (Fsp3) is 0.455. The molecule has 0 fully saturated rings. The van der Waals surface area contributed by atoms with Gasteiger partial charge in [-0.15, -0.1) is 0 Å². The number of benzene rings is 1. The van der Waals surface area contributed by atoms with Crippen LogP contribution in [0.4, 0.5) is 4.39 Å². The normalized spacial score (nSPS) is 19.6. The van der Waals surface area contributed by atoms with E-state index >= 15 is 0 Å². The van der Waals surface area contributed by atoms with Crippen LogP contribution in [0.2, 0.25) is 0 Å². The maximum Gasteiger partial charge on any atom is 0.126 e. The van der Waals surface area contributed by atoms with Crippen LogP contribution in [0.25, 0.3) is 0 Å². The smallest absolute Gasteiger partial charge is 0.126 e. The Balaban J connectivity index is 2.58. The van der Waals surface area contributed by atoms with E-state index in [4.69, 9.17) is 0 Å². The van der Waals surface area contributed by atoms with E-state index in [1.165, 1.54) is 0 Å². The number of hydrogen-bond donors (Lipinski definition) is 1. The van der Waals surface area contributed by atoms with Gasteiger partial charge in [-0.1, -0.05) is 12.1 Å². The third-order valence-electron chi connectivity index (χ3n) is 2.73. The van der Waals surface area contributed by atoms with Crippen LogP contribution in [0.3, 0.4) is 0 Å². The van der Waals surface area contributed by atoms with Crippen molar-refractivity contribution in [3.8, 4) is 0 Å². The van der Waals surface area contributed by atoms with Gasteiger partial charge in [0.15, 0.2) is 0 Å². The van der Waals surface area contributed by atoms with Crippen LogP contribution in [0, 0.1) is 5.82 Å². The Hall–Kier alpha value is -0.890. The number of halogens is 1. The molecule has 0 saturated heterocycles. The van der Waals surface area contributed by atoms with Crippen molar-refractivity contribution in [1.29, 1.82) is 0 Å². The molecule has 1 N–H and O–H groups in total. The highest BCUT2D eigenvalue weighted by atomic mass is 19.1. The lowest BCUT2D eigenvalue weighted by Gasteiger charge is -2.34. The topological polar surface area (TPSA) is 12.0 Å². The van der Waals surface area contributed by atoms with Crippen molar-refractivity contribution in [2.24, 2.45) is 0 Å². The molecule has 0 spiro atoms. The molecule has 1 heterocycles. The summed E-state index contributed by atoms with van der Waals surface area (Å²) in [7, 11) is 0. The summed E-state index contributed by atoms with van der Waals surface area (Å²) >= 11 is 0. The SMILES string of the molecule is CC1(C)NCCc2c(F)cccc21. The third kappa shape index (κ3) is 1.35. The molecule has 13 heavy (non-hydrogen) atoms. The van der Waals surface area contributed by atoms with Gasteiger partial charge in [-0.2, -0.15) is 0 Å². The maximum absolute atomic E-state index is 13.4. The zero-order chi connectivity index (χ0) is 9.47. The molecule has 0 bridgehead atoms. The fourth-order valence-electron chi connectivity index (χ4n) is 1.99. The van der Waals surface area contributed by atoms with E-state index in [2.05, 4.69) is 19.2 Å². The number of nitrogens with one attached hydrogen (secondary N) is 1. The van der Waals surface area contributed by atoms with E-state index in [1.807, 2.05) is 6.07 Å². The zero-order valence-corrected chi connectivity index (χ0v) is 8.02. The largest absolute Gasteiger partial charge is 0.307 e. The number of rotatable bonds is 0. The summed E-state index contributed by atoms with van der Waals surface area (Å²) in [6.07, 6.45) is 0.797. The molecule has 2 rings (SSSR count). The highest BCUT2D eigenvalue weighted by Gasteiger charge is 2.27. The molecule has 1 aromatic rings. The Bertz CT molecular complexity index is 331. The molecule has 0 unspecified atom stereocenters. The first-order valence-electron chi connectivity index (χ1n) is 4.64. The highest BCUT2D eigenvalue weighted by molar-refractivity contribution is 5.36. The van der Waals surface area contributed by atoms with Crippen molar-refractivity contribution >= 4 is 0 Å². The van der Waals surface area contributed by atoms with Gasteiger partial charge in [0.2, 0.25) is 0 Å². The molecule has 70 valence electrons. The van der Waals surface area contributed by atoms with Gasteiger partial charge in [-0.25, -0.2) is 4.39 Å². The van der Waals surface area contributed by atoms with E-state index in [0.29, 0.717) is 0 Å². The van der Waals surface area contributed by atoms with Gasteiger partial charge in [-0.3, -0.25) is 0 Å². The quantitative estimate of drug-likeness (QED) is 0.644. The lowest BCUT2D eigenvalue weighted by molar-refractivity contribution is 0.375. The van der Waals surface area contributed by atoms with Gasteiger partial charge < -0.3 is 5.32 Å². The first-order valence-corrected chi connectivity index (χ1v) is 4.64. The minimum atomic E-state index is -0.0876. The van der Waals surface area contributed by atoms with E-state index in [1.54, 1.807) is 12.1 Å². The summed E-state index contributed by atoms with van der Waals surface area (Å²) in [4.78, 5) is 0. The zero-order valence-electron chi connectivity index (χ0n) is 8.02. The Kier molecular flexibility index (Phi) is 1.88. The molecule has 0 aliphatic carbocycles. The first kappa shape index (κ1) is 8.70. The number of hydrogen-bond acceptors (Lipinski definition) is 1. The van der Waals surface area contributed by atoms with Crippen molar-refractivity contribution in [1.82, 2.24) is 5.32 Å². The minimum absolute atomic E-state index is 0.0629. The van der Waals surface area contributed by atoms with Crippen molar-refractivity contribution in [2.75, 3.05) is 6.54 Å². The van der Waals surface area contributed by atoms with Gasteiger partial charge in [-0.05, 0) is 37.5 Å². The molecule has 1 aliphatic heterocycles. The van der Waals surface area contributed by atoms with Gasteiger partial charge in [0.1, 0.15) is 5.82 Å². The fourth-order valence-corrected chi connectivity index (χ4v) is 1.99. The average molecular weight is 179 g/mol. The molecule has 1 aliphatic rings. The minimum Gasteiger partial charge on any atom is -0.307 e. The molecule has 1 nitrogen and oxygen atoms in total. The Morgan fingerprint density at radius 2 is 2.15 bits per heavy atom. The molecule has 0 amide bonds.